The van der Waals surface area contributed by atoms with Crippen LogP contribution in [0.1, 0.15) is 10.4 Å². The summed E-state index contributed by atoms with van der Waals surface area (Å²) >= 11 is 1.61. The van der Waals surface area contributed by atoms with E-state index in [1.165, 1.54) is 6.07 Å². The topological polar surface area (TPSA) is 49.3 Å². The van der Waals surface area contributed by atoms with Crippen molar-refractivity contribution < 1.29 is 9.90 Å². The SMILES string of the molecule is CSc1cccc(NC(=O)c2ccccc2O)c1. The molecule has 0 spiro atoms. The van der Waals surface area contributed by atoms with Crippen molar-refractivity contribution in [2.75, 3.05) is 11.6 Å². The van der Waals surface area contributed by atoms with E-state index in [0.717, 1.165) is 10.6 Å². The highest BCUT2D eigenvalue weighted by Crippen LogP contribution is 2.21. The monoisotopic (exact) mass is 259 g/mol. The molecule has 0 aliphatic carbocycles. The number of nitrogens with one attached hydrogen (secondary N) is 1. The number of benzene rings is 2. The van der Waals surface area contributed by atoms with Gasteiger partial charge in [-0.25, -0.2) is 0 Å². The number of anilines is 1. The van der Waals surface area contributed by atoms with Gasteiger partial charge in [-0.05, 0) is 36.6 Å². The molecule has 0 saturated heterocycles. The summed E-state index contributed by atoms with van der Waals surface area (Å²) in [5, 5.41) is 12.4. The molecule has 92 valence electrons. The van der Waals surface area contributed by atoms with Crippen LogP contribution >= 0.6 is 11.8 Å². The maximum atomic E-state index is 12.0. The molecule has 3 nitrogen and oxygen atoms in total. The number of para-hydroxylation sites is 1. The van der Waals surface area contributed by atoms with E-state index in [9.17, 15) is 9.90 Å². The number of rotatable bonds is 3. The van der Waals surface area contributed by atoms with E-state index in [-0.39, 0.29) is 17.2 Å². The van der Waals surface area contributed by atoms with Crippen LogP contribution in [0.5, 0.6) is 5.75 Å². The number of thioether (sulfide) groups is 1. The average molecular weight is 259 g/mol. The summed E-state index contributed by atoms with van der Waals surface area (Å²) in [7, 11) is 0. The van der Waals surface area contributed by atoms with Crippen LogP contribution in [0.25, 0.3) is 0 Å². The second kappa shape index (κ2) is 5.60. The Morgan fingerprint density at radius 1 is 1.17 bits per heavy atom. The van der Waals surface area contributed by atoms with Gasteiger partial charge in [0, 0.05) is 10.6 Å². The number of carbonyl (C=O) groups excluding carboxylic acids is 1. The van der Waals surface area contributed by atoms with Crippen LogP contribution in [0.4, 0.5) is 5.69 Å². The van der Waals surface area contributed by atoms with E-state index < -0.39 is 0 Å². The molecule has 2 rings (SSSR count). The Morgan fingerprint density at radius 3 is 2.67 bits per heavy atom. The van der Waals surface area contributed by atoms with E-state index in [4.69, 9.17) is 0 Å². The number of carbonyl (C=O) groups is 1. The van der Waals surface area contributed by atoms with Crippen LogP contribution in [0, 0.1) is 0 Å². The van der Waals surface area contributed by atoms with Crippen molar-refractivity contribution in [2.24, 2.45) is 0 Å². The van der Waals surface area contributed by atoms with Crippen LogP contribution in [-0.2, 0) is 0 Å². The lowest BCUT2D eigenvalue weighted by Gasteiger charge is -2.07. The highest BCUT2D eigenvalue weighted by molar-refractivity contribution is 7.98. The molecule has 2 aromatic rings. The first-order chi connectivity index (χ1) is 8.70. The Hall–Kier alpha value is -1.94. The predicted octanol–water partition coefficient (Wildman–Crippen LogP) is 3.37. The second-order valence-corrected chi connectivity index (χ2v) is 4.58. The Labute approximate surface area is 110 Å². The summed E-state index contributed by atoms with van der Waals surface area (Å²) in [5.41, 5.74) is 0.988. The first-order valence-electron chi connectivity index (χ1n) is 5.44. The van der Waals surface area contributed by atoms with Gasteiger partial charge in [0.2, 0.25) is 0 Å². The van der Waals surface area contributed by atoms with E-state index in [1.54, 1.807) is 30.0 Å². The normalized spacial score (nSPS) is 10.1. The zero-order valence-electron chi connectivity index (χ0n) is 9.88. The van der Waals surface area contributed by atoms with E-state index in [0.29, 0.717) is 0 Å². The highest BCUT2D eigenvalue weighted by Gasteiger charge is 2.10. The fraction of sp³-hybridized carbons (Fsp3) is 0.0714. The number of aromatic hydroxyl groups is 1. The predicted molar refractivity (Wildman–Crippen MR) is 74.3 cm³/mol. The highest BCUT2D eigenvalue weighted by atomic mass is 32.2. The number of amides is 1. The van der Waals surface area contributed by atoms with Crippen molar-refractivity contribution in [1.82, 2.24) is 0 Å². The van der Waals surface area contributed by atoms with Gasteiger partial charge in [0.1, 0.15) is 5.75 Å². The Morgan fingerprint density at radius 2 is 1.94 bits per heavy atom. The molecule has 2 aromatic carbocycles. The van der Waals surface area contributed by atoms with Crippen LogP contribution in [-0.4, -0.2) is 17.3 Å². The zero-order valence-corrected chi connectivity index (χ0v) is 10.7. The van der Waals surface area contributed by atoms with Crippen molar-refractivity contribution in [2.45, 2.75) is 4.90 Å². The van der Waals surface area contributed by atoms with E-state index >= 15 is 0 Å². The standard InChI is InChI=1S/C14H13NO2S/c1-18-11-6-4-5-10(9-11)15-14(17)12-7-2-3-8-13(12)16/h2-9,16H,1H3,(H,15,17). The van der Waals surface area contributed by atoms with Gasteiger partial charge in [0.05, 0.1) is 5.56 Å². The van der Waals surface area contributed by atoms with Crippen LogP contribution in [0.3, 0.4) is 0 Å². The van der Waals surface area contributed by atoms with Gasteiger partial charge < -0.3 is 10.4 Å². The third-order valence-corrected chi connectivity index (χ3v) is 3.20. The minimum Gasteiger partial charge on any atom is -0.507 e. The first kappa shape index (κ1) is 12.5. The summed E-state index contributed by atoms with van der Waals surface area (Å²) in [6, 6.07) is 14.0. The third-order valence-electron chi connectivity index (χ3n) is 2.48. The van der Waals surface area contributed by atoms with Gasteiger partial charge in [-0.15, -0.1) is 11.8 Å². The summed E-state index contributed by atoms with van der Waals surface area (Å²) in [6.07, 6.45) is 1.98. The summed E-state index contributed by atoms with van der Waals surface area (Å²) in [4.78, 5) is 13.0. The summed E-state index contributed by atoms with van der Waals surface area (Å²) < 4.78 is 0. The number of phenols is 1. The zero-order chi connectivity index (χ0) is 13.0. The molecule has 2 N–H and O–H groups in total. The largest absolute Gasteiger partial charge is 0.507 e. The Kier molecular flexibility index (Phi) is 3.89. The lowest BCUT2D eigenvalue weighted by molar-refractivity contribution is 0.102. The van der Waals surface area contributed by atoms with Crippen molar-refractivity contribution in [3.8, 4) is 5.75 Å². The van der Waals surface area contributed by atoms with Crippen molar-refractivity contribution in [3.05, 3.63) is 54.1 Å². The molecule has 0 saturated carbocycles. The van der Waals surface area contributed by atoms with E-state index in [1.807, 2.05) is 30.5 Å². The molecule has 0 atom stereocenters. The third kappa shape index (κ3) is 2.84. The van der Waals surface area contributed by atoms with Crippen molar-refractivity contribution in [1.29, 1.82) is 0 Å². The number of phenolic OH excluding ortho intramolecular Hbond substituents is 1. The number of hydrogen-bond donors (Lipinski definition) is 2. The van der Waals surface area contributed by atoms with Crippen molar-refractivity contribution >= 4 is 23.4 Å². The molecular weight excluding hydrogens is 246 g/mol. The van der Waals surface area contributed by atoms with Crippen LogP contribution in [0.15, 0.2) is 53.4 Å². The molecule has 0 aliphatic heterocycles. The summed E-state index contributed by atoms with van der Waals surface area (Å²) in [6.45, 7) is 0. The molecule has 0 unspecified atom stereocenters. The second-order valence-electron chi connectivity index (χ2n) is 3.70. The summed E-state index contributed by atoms with van der Waals surface area (Å²) in [5.74, 6) is -0.331. The van der Waals surface area contributed by atoms with Crippen molar-refractivity contribution in [3.63, 3.8) is 0 Å². The van der Waals surface area contributed by atoms with Crippen LogP contribution in [0.2, 0.25) is 0 Å². The molecule has 0 aliphatic rings. The molecule has 18 heavy (non-hydrogen) atoms. The molecule has 0 fully saturated rings. The average Bonchev–Trinajstić information content (AvgIpc) is 2.39. The molecular formula is C14H13NO2S. The maximum Gasteiger partial charge on any atom is 0.259 e. The molecule has 0 heterocycles. The van der Waals surface area contributed by atoms with Crippen LogP contribution < -0.4 is 5.32 Å². The van der Waals surface area contributed by atoms with Gasteiger partial charge in [-0.1, -0.05) is 18.2 Å². The molecule has 0 bridgehead atoms. The van der Waals surface area contributed by atoms with Gasteiger partial charge in [-0.3, -0.25) is 4.79 Å². The Balaban J connectivity index is 2.19. The molecule has 0 aromatic heterocycles. The lowest BCUT2D eigenvalue weighted by atomic mass is 10.2. The van der Waals surface area contributed by atoms with Gasteiger partial charge in [0.15, 0.2) is 0 Å². The van der Waals surface area contributed by atoms with Gasteiger partial charge in [-0.2, -0.15) is 0 Å². The molecule has 0 radical (unpaired) electrons. The minimum absolute atomic E-state index is 0.0176. The van der Waals surface area contributed by atoms with Gasteiger partial charge >= 0.3 is 0 Å². The quantitative estimate of drug-likeness (QED) is 0.831. The fourth-order valence-corrected chi connectivity index (χ4v) is 2.02. The molecule has 1 amide bonds. The smallest absolute Gasteiger partial charge is 0.259 e. The minimum atomic E-state index is -0.314. The first-order valence-corrected chi connectivity index (χ1v) is 6.66. The maximum absolute atomic E-state index is 12.0. The lowest BCUT2D eigenvalue weighted by Crippen LogP contribution is -2.11. The molecule has 4 heteroatoms. The van der Waals surface area contributed by atoms with E-state index in [2.05, 4.69) is 5.32 Å². The van der Waals surface area contributed by atoms with Gasteiger partial charge in [0.25, 0.3) is 5.91 Å². The number of hydrogen-bond acceptors (Lipinski definition) is 3. The fourth-order valence-electron chi connectivity index (χ4n) is 1.56. The Bertz CT molecular complexity index is 569.